The van der Waals surface area contributed by atoms with E-state index >= 15 is 0 Å². The highest BCUT2D eigenvalue weighted by Crippen LogP contribution is 2.16. The first-order valence-electron chi connectivity index (χ1n) is 5.83. The number of halogens is 1. The molecule has 0 amide bonds. The third-order valence-corrected chi connectivity index (χ3v) is 3.37. The van der Waals surface area contributed by atoms with Gasteiger partial charge in [-0.1, -0.05) is 23.7 Å². The molecule has 1 aliphatic rings. The highest BCUT2D eigenvalue weighted by atomic mass is 35.5. The van der Waals surface area contributed by atoms with Crippen LogP contribution in [0.4, 0.5) is 0 Å². The molecule has 1 fully saturated rings. The van der Waals surface area contributed by atoms with Gasteiger partial charge in [-0.2, -0.15) is 0 Å². The first kappa shape index (κ1) is 11.9. The van der Waals surface area contributed by atoms with Crippen LogP contribution < -0.4 is 5.32 Å². The molecule has 0 spiro atoms. The zero-order valence-electron chi connectivity index (χ0n) is 9.63. The van der Waals surface area contributed by atoms with E-state index in [1.54, 1.807) is 0 Å². The van der Waals surface area contributed by atoms with Gasteiger partial charge in [0.2, 0.25) is 0 Å². The summed E-state index contributed by atoms with van der Waals surface area (Å²) in [5, 5.41) is 4.25. The zero-order chi connectivity index (χ0) is 11.4. The SMILES string of the molecule is Cc1ccc(CNCC2CCCO2)cc1Cl. The molecule has 1 N–H and O–H groups in total. The smallest absolute Gasteiger partial charge is 0.0700 e. The molecule has 0 aromatic heterocycles. The van der Waals surface area contributed by atoms with Crippen LogP contribution in [-0.2, 0) is 11.3 Å². The van der Waals surface area contributed by atoms with Gasteiger partial charge in [0.25, 0.3) is 0 Å². The molecule has 1 aromatic carbocycles. The van der Waals surface area contributed by atoms with E-state index in [-0.39, 0.29) is 0 Å². The van der Waals surface area contributed by atoms with Crippen molar-refractivity contribution in [2.75, 3.05) is 13.2 Å². The standard InChI is InChI=1S/C13H18ClNO/c1-10-4-5-11(7-13(10)14)8-15-9-12-3-2-6-16-12/h4-5,7,12,15H,2-3,6,8-9H2,1H3. The number of aryl methyl sites for hydroxylation is 1. The fraction of sp³-hybridized carbons (Fsp3) is 0.538. The van der Waals surface area contributed by atoms with E-state index < -0.39 is 0 Å². The maximum absolute atomic E-state index is 6.07. The largest absolute Gasteiger partial charge is 0.377 e. The Morgan fingerprint density at radius 2 is 2.38 bits per heavy atom. The van der Waals surface area contributed by atoms with Crippen molar-refractivity contribution in [1.82, 2.24) is 5.32 Å². The molecule has 0 radical (unpaired) electrons. The number of ether oxygens (including phenoxy) is 1. The first-order valence-corrected chi connectivity index (χ1v) is 6.21. The number of rotatable bonds is 4. The summed E-state index contributed by atoms with van der Waals surface area (Å²) in [6.45, 7) is 4.74. The predicted octanol–water partition coefficient (Wildman–Crippen LogP) is 2.92. The third-order valence-electron chi connectivity index (χ3n) is 2.96. The van der Waals surface area contributed by atoms with Gasteiger partial charge >= 0.3 is 0 Å². The minimum Gasteiger partial charge on any atom is -0.377 e. The van der Waals surface area contributed by atoms with Gasteiger partial charge in [-0.15, -0.1) is 0 Å². The molecule has 3 heteroatoms. The Kier molecular flexibility index (Phi) is 4.22. The second kappa shape index (κ2) is 5.67. The molecule has 1 aliphatic heterocycles. The van der Waals surface area contributed by atoms with Crippen molar-refractivity contribution in [3.8, 4) is 0 Å². The monoisotopic (exact) mass is 239 g/mol. The Labute approximate surface area is 102 Å². The van der Waals surface area contributed by atoms with Gasteiger partial charge in [-0.25, -0.2) is 0 Å². The Morgan fingerprint density at radius 1 is 1.50 bits per heavy atom. The summed E-state index contributed by atoms with van der Waals surface area (Å²) in [5.74, 6) is 0. The summed E-state index contributed by atoms with van der Waals surface area (Å²) < 4.78 is 5.55. The highest BCUT2D eigenvalue weighted by Gasteiger charge is 2.14. The third kappa shape index (κ3) is 3.21. The topological polar surface area (TPSA) is 21.3 Å². The van der Waals surface area contributed by atoms with Crippen molar-refractivity contribution in [2.24, 2.45) is 0 Å². The van der Waals surface area contributed by atoms with Crippen LogP contribution in [0.2, 0.25) is 5.02 Å². The maximum Gasteiger partial charge on any atom is 0.0700 e. The lowest BCUT2D eigenvalue weighted by molar-refractivity contribution is 0.110. The molecular weight excluding hydrogens is 222 g/mol. The molecule has 0 bridgehead atoms. The Bertz CT molecular complexity index is 348. The molecule has 16 heavy (non-hydrogen) atoms. The summed E-state index contributed by atoms with van der Waals surface area (Å²) in [6.07, 6.45) is 2.78. The molecule has 0 saturated carbocycles. The van der Waals surface area contributed by atoms with E-state index in [9.17, 15) is 0 Å². The normalized spacial score (nSPS) is 20.2. The van der Waals surface area contributed by atoms with Crippen molar-refractivity contribution in [2.45, 2.75) is 32.4 Å². The van der Waals surface area contributed by atoms with Gasteiger partial charge in [0, 0.05) is 24.7 Å². The first-order chi connectivity index (χ1) is 7.75. The van der Waals surface area contributed by atoms with Gasteiger partial charge in [0.05, 0.1) is 6.10 Å². The molecule has 2 nitrogen and oxygen atoms in total. The fourth-order valence-electron chi connectivity index (χ4n) is 1.93. The lowest BCUT2D eigenvalue weighted by Crippen LogP contribution is -2.25. The number of hydrogen-bond donors (Lipinski definition) is 1. The van der Waals surface area contributed by atoms with Gasteiger partial charge in [0.1, 0.15) is 0 Å². The summed E-state index contributed by atoms with van der Waals surface area (Å²) in [7, 11) is 0. The maximum atomic E-state index is 6.07. The van der Waals surface area contributed by atoms with Crippen molar-refractivity contribution in [1.29, 1.82) is 0 Å². The number of benzene rings is 1. The molecule has 1 heterocycles. The minimum atomic E-state index is 0.404. The lowest BCUT2D eigenvalue weighted by Gasteiger charge is -2.11. The Balaban J connectivity index is 1.78. The highest BCUT2D eigenvalue weighted by molar-refractivity contribution is 6.31. The second-order valence-electron chi connectivity index (χ2n) is 4.35. The lowest BCUT2D eigenvalue weighted by atomic mass is 10.1. The van der Waals surface area contributed by atoms with E-state index in [1.165, 1.54) is 18.4 Å². The van der Waals surface area contributed by atoms with Crippen molar-refractivity contribution < 1.29 is 4.74 Å². The van der Waals surface area contributed by atoms with Crippen LogP contribution in [0.1, 0.15) is 24.0 Å². The summed E-state index contributed by atoms with van der Waals surface area (Å²) in [4.78, 5) is 0. The Hall–Kier alpha value is -0.570. The molecule has 0 aliphatic carbocycles. The van der Waals surface area contributed by atoms with Crippen LogP contribution in [0, 0.1) is 6.92 Å². The molecule has 1 unspecified atom stereocenters. The van der Waals surface area contributed by atoms with Gasteiger partial charge in [-0.05, 0) is 37.0 Å². The van der Waals surface area contributed by atoms with Crippen molar-refractivity contribution >= 4 is 11.6 Å². The zero-order valence-corrected chi connectivity index (χ0v) is 10.4. The average Bonchev–Trinajstić information content (AvgIpc) is 2.76. The van der Waals surface area contributed by atoms with E-state index in [2.05, 4.69) is 17.4 Å². The second-order valence-corrected chi connectivity index (χ2v) is 4.76. The molecular formula is C13H18ClNO. The summed E-state index contributed by atoms with van der Waals surface area (Å²) in [6, 6.07) is 6.20. The van der Waals surface area contributed by atoms with E-state index in [0.717, 1.165) is 30.3 Å². The average molecular weight is 240 g/mol. The molecule has 88 valence electrons. The van der Waals surface area contributed by atoms with Crippen LogP contribution in [0.3, 0.4) is 0 Å². The number of hydrogen-bond acceptors (Lipinski definition) is 2. The van der Waals surface area contributed by atoms with Crippen LogP contribution in [0.5, 0.6) is 0 Å². The molecule has 2 rings (SSSR count). The molecule has 1 aromatic rings. The molecule has 1 atom stereocenters. The van der Waals surface area contributed by atoms with E-state index in [0.29, 0.717) is 6.10 Å². The van der Waals surface area contributed by atoms with Crippen LogP contribution in [-0.4, -0.2) is 19.3 Å². The quantitative estimate of drug-likeness (QED) is 0.873. The predicted molar refractivity (Wildman–Crippen MR) is 66.9 cm³/mol. The minimum absolute atomic E-state index is 0.404. The van der Waals surface area contributed by atoms with Gasteiger partial charge in [0.15, 0.2) is 0 Å². The Morgan fingerprint density at radius 3 is 3.06 bits per heavy atom. The van der Waals surface area contributed by atoms with Crippen LogP contribution >= 0.6 is 11.6 Å². The van der Waals surface area contributed by atoms with Crippen LogP contribution in [0.15, 0.2) is 18.2 Å². The van der Waals surface area contributed by atoms with Gasteiger partial charge < -0.3 is 10.1 Å². The van der Waals surface area contributed by atoms with E-state index in [4.69, 9.17) is 16.3 Å². The molecule has 1 saturated heterocycles. The van der Waals surface area contributed by atoms with Gasteiger partial charge in [-0.3, -0.25) is 0 Å². The summed E-state index contributed by atoms with van der Waals surface area (Å²) in [5.41, 5.74) is 2.36. The summed E-state index contributed by atoms with van der Waals surface area (Å²) >= 11 is 6.07. The van der Waals surface area contributed by atoms with Crippen LogP contribution in [0.25, 0.3) is 0 Å². The van der Waals surface area contributed by atoms with E-state index in [1.807, 2.05) is 13.0 Å². The van der Waals surface area contributed by atoms with Crippen molar-refractivity contribution in [3.05, 3.63) is 34.3 Å². The number of nitrogens with one attached hydrogen (secondary N) is 1. The van der Waals surface area contributed by atoms with Crippen molar-refractivity contribution in [3.63, 3.8) is 0 Å². The fourth-order valence-corrected chi connectivity index (χ4v) is 2.13.